The van der Waals surface area contributed by atoms with Crippen LogP contribution in [-0.4, -0.2) is 12.9 Å². The fourth-order valence-corrected chi connectivity index (χ4v) is 4.07. The van der Waals surface area contributed by atoms with E-state index in [1.165, 1.54) is 0 Å². The molecule has 0 bridgehead atoms. The van der Waals surface area contributed by atoms with Crippen molar-refractivity contribution in [2.45, 2.75) is 6.61 Å². The van der Waals surface area contributed by atoms with Crippen LogP contribution in [0.5, 0.6) is 11.5 Å². The average Bonchev–Trinajstić information content (AvgIpc) is 2.86. The van der Waals surface area contributed by atoms with E-state index < -0.39 is 0 Å². The Hall–Kier alpha value is -4.11. The number of benzene rings is 4. The van der Waals surface area contributed by atoms with Gasteiger partial charge in [0.15, 0.2) is 17.3 Å². The van der Waals surface area contributed by atoms with Gasteiger partial charge < -0.3 is 9.47 Å². The summed E-state index contributed by atoms with van der Waals surface area (Å²) in [6.45, 7) is 0.473. The van der Waals surface area contributed by atoms with E-state index in [1.54, 1.807) is 7.11 Å². The second kappa shape index (κ2) is 8.56. The van der Waals surface area contributed by atoms with E-state index in [0.717, 1.165) is 39.0 Å². The van der Waals surface area contributed by atoms with Crippen LogP contribution in [0, 0.1) is 0 Å². The lowest BCUT2D eigenvalue weighted by molar-refractivity contribution is 0.103. The first-order chi connectivity index (χ1) is 15.7. The molecule has 0 heterocycles. The molecule has 0 amide bonds. The number of carbonyl (C=O) groups excluding carboxylic acids is 1. The molecule has 5 rings (SSSR count). The standard InChI is InChI=1S/C29H22O3/c1-31-28-18-21(15-16-27(28)32-19-20-9-3-2-4-10-20)17-26-22-11-5-7-13-24(22)29(30)25-14-8-6-12-23(25)26/h2-18H,19H2,1H3. The van der Waals surface area contributed by atoms with Crippen LogP contribution in [0.4, 0.5) is 0 Å². The third-order valence-corrected chi connectivity index (χ3v) is 5.66. The van der Waals surface area contributed by atoms with E-state index in [2.05, 4.69) is 6.08 Å². The SMILES string of the molecule is COc1cc(C=C2c3ccccc3C(=O)c3ccccc32)ccc1OCc1ccccc1. The topological polar surface area (TPSA) is 35.5 Å². The Balaban J connectivity index is 1.53. The van der Waals surface area contributed by atoms with E-state index in [-0.39, 0.29) is 5.78 Å². The molecule has 0 fully saturated rings. The highest BCUT2D eigenvalue weighted by molar-refractivity contribution is 6.20. The van der Waals surface area contributed by atoms with Crippen LogP contribution < -0.4 is 9.47 Å². The monoisotopic (exact) mass is 418 g/mol. The first kappa shape index (κ1) is 19.8. The van der Waals surface area contributed by atoms with Crippen LogP contribution in [-0.2, 0) is 6.61 Å². The molecule has 3 nitrogen and oxygen atoms in total. The minimum absolute atomic E-state index is 0.0654. The van der Waals surface area contributed by atoms with Gasteiger partial charge in [0.1, 0.15) is 6.61 Å². The van der Waals surface area contributed by atoms with Gasteiger partial charge in [0.05, 0.1) is 7.11 Å². The molecular formula is C29H22O3. The van der Waals surface area contributed by atoms with Crippen molar-refractivity contribution >= 4 is 17.4 Å². The Kier molecular flexibility index (Phi) is 5.30. The zero-order valence-electron chi connectivity index (χ0n) is 17.7. The number of ketones is 1. The molecule has 1 aliphatic rings. The van der Waals surface area contributed by atoms with Crippen LogP contribution in [0.25, 0.3) is 11.6 Å². The minimum atomic E-state index is 0.0654. The van der Waals surface area contributed by atoms with Crippen molar-refractivity contribution in [1.82, 2.24) is 0 Å². The number of methoxy groups -OCH3 is 1. The molecular weight excluding hydrogens is 396 g/mol. The van der Waals surface area contributed by atoms with Gasteiger partial charge in [-0.05, 0) is 46.0 Å². The third-order valence-electron chi connectivity index (χ3n) is 5.66. The van der Waals surface area contributed by atoms with Gasteiger partial charge in [-0.3, -0.25) is 4.79 Å². The summed E-state index contributed by atoms with van der Waals surface area (Å²) >= 11 is 0. The van der Waals surface area contributed by atoms with Crippen molar-refractivity contribution < 1.29 is 14.3 Å². The van der Waals surface area contributed by atoms with Gasteiger partial charge >= 0.3 is 0 Å². The lowest BCUT2D eigenvalue weighted by atomic mass is 9.81. The largest absolute Gasteiger partial charge is 0.493 e. The minimum Gasteiger partial charge on any atom is -0.493 e. The average molecular weight is 418 g/mol. The van der Waals surface area contributed by atoms with Crippen molar-refractivity contribution in [2.75, 3.05) is 7.11 Å². The molecule has 1 aliphatic carbocycles. The number of fused-ring (bicyclic) bond motifs is 2. The van der Waals surface area contributed by atoms with Gasteiger partial charge in [-0.15, -0.1) is 0 Å². The van der Waals surface area contributed by atoms with Gasteiger partial charge in [-0.1, -0.05) is 84.9 Å². The van der Waals surface area contributed by atoms with Crippen molar-refractivity contribution in [1.29, 1.82) is 0 Å². The predicted octanol–water partition coefficient (Wildman–Crippen LogP) is 6.41. The molecule has 0 radical (unpaired) electrons. The number of hydrogen-bond donors (Lipinski definition) is 0. The summed E-state index contributed by atoms with van der Waals surface area (Å²) in [5, 5.41) is 0. The maximum atomic E-state index is 13.0. The Bertz CT molecular complexity index is 1270. The van der Waals surface area contributed by atoms with Gasteiger partial charge in [0.2, 0.25) is 0 Å². The highest BCUT2D eigenvalue weighted by atomic mass is 16.5. The smallest absolute Gasteiger partial charge is 0.194 e. The Morgan fingerprint density at radius 1 is 0.688 bits per heavy atom. The molecule has 4 aromatic rings. The number of carbonyl (C=O) groups is 1. The highest BCUT2D eigenvalue weighted by Crippen LogP contribution is 2.38. The number of ether oxygens (including phenoxy) is 2. The van der Waals surface area contributed by atoms with Gasteiger partial charge in [0, 0.05) is 11.1 Å². The molecule has 3 heteroatoms. The lowest BCUT2D eigenvalue weighted by Crippen LogP contribution is -2.14. The maximum Gasteiger partial charge on any atom is 0.194 e. The van der Waals surface area contributed by atoms with E-state index in [0.29, 0.717) is 18.1 Å². The molecule has 4 aromatic carbocycles. The maximum absolute atomic E-state index is 13.0. The lowest BCUT2D eigenvalue weighted by Gasteiger charge is -2.21. The summed E-state index contributed by atoms with van der Waals surface area (Å²) in [6.07, 6.45) is 2.10. The Morgan fingerprint density at radius 3 is 1.91 bits per heavy atom. The summed E-state index contributed by atoms with van der Waals surface area (Å²) in [6, 6.07) is 31.5. The van der Waals surface area contributed by atoms with E-state index in [1.807, 2.05) is 97.1 Å². The molecule has 0 saturated carbocycles. The Labute approximate surface area is 187 Å². The molecule has 0 atom stereocenters. The molecule has 0 aromatic heterocycles. The Morgan fingerprint density at radius 2 is 1.28 bits per heavy atom. The van der Waals surface area contributed by atoms with Crippen molar-refractivity contribution in [2.24, 2.45) is 0 Å². The molecule has 0 spiro atoms. The van der Waals surface area contributed by atoms with Crippen LogP contribution in [0.1, 0.15) is 38.2 Å². The van der Waals surface area contributed by atoms with Crippen LogP contribution in [0.3, 0.4) is 0 Å². The van der Waals surface area contributed by atoms with Gasteiger partial charge in [-0.2, -0.15) is 0 Å². The molecule has 0 aliphatic heterocycles. The zero-order valence-corrected chi connectivity index (χ0v) is 17.7. The second-order valence-electron chi connectivity index (χ2n) is 7.66. The normalized spacial score (nSPS) is 12.0. The number of hydrogen-bond acceptors (Lipinski definition) is 3. The van der Waals surface area contributed by atoms with Gasteiger partial charge in [-0.25, -0.2) is 0 Å². The predicted molar refractivity (Wildman–Crippen MR) is 127 cm³/mol. The quantitative estimate of drug-likeness (QED) is 0.331. The molecule has 0 unspecified atom stereocenters. The summed E-state index contributed by atoms with van der Waals surface area (Å²) in [5.41, 5.74) is 6.44. The fraction of sp³-hybridized carbons (Fsp3) is 0.0690. The van der Waals surface area contributed by atoms with E-state index in [9.17, 15) is 4.79 Å². The first-order valence-corrected chi connectivity index (χ1v) is 10.5. The van der Waals surface area contributed by atoms with Crippen molar-refractivity contribution in [3.63, 3.8) is 0 Å². The van der Waals surface area contributed by atoms with Crippen LogP contribution in [0.15, 0.2) is 97.1 Å². The summed E-state index contributed by atoms with van der Waals surface area (Å²) in [5.74, 6) is 1.43. The summed E-state index contributed by atoms with van der Waals surface area (Å²) in [7, 11) is 1.64. The fourth-order valence-electron chi connectivity index (χ4n) is 4.07. The molecule has 32 heavy (non-hydrogen) atoms. The van der Waals surface area contributed by atoms with Gasteiger partial charge in [0.25, 0.3) is 0 Å². The summed E-state index contributed by atoms with van der Waals surface area (Å²) in [4.78, 5) is 13.0. The second-order valence-corrected chi connectivity index (χ2v) is 7.66. The van der Waals surface area contributed by atoms with Crippen molar-refractivity contribution in [3.8, 4) is 11.5 Å². The molecule has 156 valence electrons. The van der Waals surface area contributed by atoms with Crippen LogP contribution >= 0.6 is 0 Å². The zero-order chi connectivity index (χ0) is 21.9. The van der Waals surface area contributed by atoms with E-state index in [4.69, 9.17) is 9.47 Å². The van der Waals surface area contributed by atoms with Crippen LogP contribution in [0.2, 0.25) is 0 Å². The molecule has 0 saturated heterocycles. The number of rotatable bonds is 5. The first-order valence-electron chi connectivity index (χ1n) is 10.5. The van der Waals surface area contributed by atoms with Crippen molar-refractivity contribution in [3.05, 3.63) is 130 Å². The molecule has 0 N–H and O–H groups in total. The third kappa shape index (κ3) is 3.69. The highest BCUT2D eigenvalue weighted by Gasteiger charge is 2.26. The van der Waals surface area contributed by atoms with E-state index >= 15 is 0 Å². The summed E-state index contributed by atoms with van der Waals surface area (Å²) < 4.78 is 11.6.